The van der Waals surface area contributed by atoms with Gasteiger partial charge in [-0.3, -0.25) is 9.69 Å². The minimum Gasteiger partial charge on any atom is -0.310 e. The summed E-state index contributed by atoms with van der Waals surface area (Å²) in [5.74, 6) is 0.769. The highest BCUT2D eigenvalue weighted by Gasteiger charge is 2.24. The minimum atomic E-state index is -0.149. The number of H-pyrrole nitrogens is 1. The van der Waals surface area contributed by atoms with Gasteiger partial charge in [0.2, 0.25) is 0 Å². The highest BCUT2D eigenvalue weighted by atomic mass is 35.5. The molecule has 1 aromatic carbocycles. The Hall–Kier alpha value is -1.65. The molecule has 0 saturated heterocycles. The predicted molar refractivity (Wildman–Crippen MR) is 97.6 cm³/mol. The normalized spacial score (nSPS) is 15.4. The Bertz CT molecular complexity index is 820. The first-order chi connectivity index (χ1) is 11.2. The van der Waals surface area contributed by atoms with Gasteiger partial charge < -0.3 is 4.98 Å². The summed E-state index contributed by atoms with van der Waals surface area (Å²) >= 11 is 6.21. The largest absolute Gasteiger partial charge is 0.310 e. The molecule has 1 aliphatic rings. The van der Waals surface area contributed by atoms with Gasteiger partial charge in [-0.1, -0.05) is 44.5 Å². The zero-order valence-corrected chi connectivity index (χ0v) is 15.5. The Morgan fingerprint density at radius 3 is 2.75 bits per heavy atom. The molecule has 128 valence electrons. The van der Waals surface area contributed by atoms with E-state index in [1.807, 2.05) is 19.1 Å². The lowest BCUT2D eigenvalue weighted by molar-refractivity contribution is 0.241. The lowest BCUT2D eigenvalue weighted by atomic mass is 9.95. The third-order valence-corrected chi connectivity index (χ3v) is 4.91. The molecule has 0 atom stereocenters. The van der Waals surface area contributed by atoms with Crippen molar-refractivity contribution in [1.29, 1.82) is 0 Å². The fourth-order valence-corrected chi connectivity index (χ4v) is 3.17. The van der Waals surface area contributed by atoms with Crippen LogP contribution in [0.2, 0.25) is 5.02 Å². The van der Waals surface area contributed by atoms with Crippen molar-refractivity contribution < 1.29 is 0 Å². The van der Waals surface area contributed by atoms with Crippen LogP contribution in [0.15, 0.2) is 23.0 Å². The summed E-state index contributed by atoms with van der Waals surface area (Å²) in [6, 6.07) is 6.15. The van der Waals surface area contributed by atoms with Gasteiger partial charge >= 0.3 is 0 Å². The van der Waals surface area contributed by atoms with E-state index in [1.54, 1.807) is 0 Å². The number of halogens is 1. The fourth-order valence-electron chi connectivity index (χ4n) is 2.96. The number of hydrogen-bond acceptors (Lipinski definition) is 3. The molecule has 0 amide bonds. The molecular weight excluding hydrogens is 322 g/mol. The zero-order valence-electron chi connectivity index (χ0n) is 14.7. The first-order valence-electron chi connectivity index (χ1n) is 8.34. The van der Waals surface area contributed by atoms with Crippen molar-refractivity contribution in [2.45, 2.75) is 52.6 Å². The Morgan fingerprint density at radius 1 is 1.33 bits per heavy atom. The smallest absolute Gasteiger partial charge is 0.255 e. The molecule has 4 nitrogen and oxygen atoms in total. The van der Waals surface area contributed by atoms with E-state index in [0.717, 1.165) is 47.2 Å². The van der Waals surface area contributed by atoms with E-state index < -0.39 is 0 Å². The summed E-state index contributed by atoms with van der Waals surface area (Å²) in [6.07, 6.45) is 0.807. The van der Waals surface area contributed by atoms with Crippen molar-refractivity contribution in [2.24, 2.45) is 0 Å². The van der Waals surface area contributed by atoms with Crippen LogP contribution >= 0.6 is 11.6 Å². The Kier molecular flexibility index (Phi) is 4.54. The van der Waals surface area contributed by atoms with Gasteiger partial charge in [-0.15, -0.1) is 0 Å². The first-order valence-corrected chi connectivity index (χ1v) is 8.72. The second-order valence-corrected chi connectivity index (χ2v) is 8.04. The second-order valence-electron chi connectivity index (χ2n) is 7.63. The van der Waals surface area contributed by atoms with Crippen LogP contribution in [0.5, 0.6) is 0 Å². The van der Waals surface area contributed by atoms with Gasteiger partial charge in [0.05, 0.1) is 11.3 Å². The molecular formula is C19H24ClN3O. The summed E-state index contributed by atoms with van der Waals surface area (Å²) in [5, 5.41) is 0.791. The Labute approximate surface area is 147 Å². The standard InChI is InChI=1S/C19H24ClN3O/c1-12-5-6-13(9-15(12)20)10-23-8-7-16-14(11-23)17(24)22-18(21-16)19(2,3)4/h5-6,9H,7-8,10-11H2,1-4H3,(H,21,22,24). The van der Waals surface area contributed by atoms with E-state index in [0.29, 0.717) is 6.54 Å². The molecule has 0 unspecified atom stereocenters. The van der Waals surface area contributed by atoms with E-state index in [2.05, 4.69) is 36.7 Å². The maximum atomic E-state index is 12.5. The van der Waals surface area contributed by atoms with E-state index in [4.69, 9.17) is 16.6 Å². The van der Waals surface area contributed by atoms with E-state index in [9.17, 15) is 4.79 Å². The summed E-state index contributed by atoms with van der Waals surface area (Å²) in [6.45, 7) is 10.5. The van der Waals surface area contributed by atoms with Gasteiger partial charge in [-0.2, -0.15) is 0 Å². The summed E-state index contributed by atoms with van der Waals surface area (Å²) in [5.41, 5.74) is 3.85. The summed E-state index contributed by atoms with van der Waals surface area (Å²) in [7, 11) is 0. The molecule has 0 spiro atoms. The molecule has 1 aliphatic heterocycles. The van der Waals surface area contributed by atoms with Crippen LogP contribution in [0.3, 0.4) is 0 Å². The molecule has 3 rings (SSSR count). The fraction of sp³-hybridized carbons (Fsp3) is 0.474. The Balaban J connectivity index is 1.82. The van der Waals surface area contributed by atoms with E-state index in [1.165, 1.54) is 5.56 Å². The molecule has 0 aliphatic carbocycles. The topological polar surface area (TPSA) is 49.0 Å². The summed E-state index contributed by atoms with van der Waals surface area (Å²) in [4.78, 5) is 22.4. The maximum absolute atomic E-state index is 12.5. The SMILES string of the molecule is Cc1ccc(CN2CCc3nc(C(C)(C)C)[nH]c(=O)c3C2)cc1Cl. The maximum Gasteiger partial charge on any atom is 0.255 e. The number of benzene rings is 1. The van der Waals surface area contributed by atoms with Gasteiger partial charge in [0, 0.05) is 36.5 Å². The molecule has 0 bridgehead atoms. The van der Waals surface area contributed by atoms with Crippen molar-refractivity contribution in [3.8, 4) is 0 Å². The molecule has 5 heteroatoms. The second kappa shape index (κ2) is 6.34. The van der Waals surface area contributed by atoms with Crippen molar-refractivity contribution in [3.05, 3.63) is 61.8 Å². The first kappa shape index (κ1) is 17.2. The lowest BCUT2D eigenvalue weighted by Gasteiger charge is -2.29. The number of rotatable bonds is 2. The third kappa shape index (κ3) is 3.55. The van der Waals surface area contributed by atoms with Crippen LogP contribution < -0.4 is 5.56 Å². The molecule has 0 radical (unpaired) electrons. The molecule has 0 saturated carbocycles. The van der Waals surface area contributed by atoms with Crippen LogP contribution in [-0.2, 0) is 24.9 Å². The third-order valence-electron chi connectivity index (χ3n) is 4.50. The van der Waals surface area contributed by atoms with Crippen LogP contribution in [-0.4, -0.2) is 21.4 Å². The van der Waals surface area contributed by atoms with Gasteiger partial charge in [0.1, 0.15) is 5.82 Å². The van der Waals surface area contributed by atoms with E-state index >= 15 is 0 Å². The average molecular weight is 346 g/mol. The van der Waals surface area contributed by atoms with Crippen LogP contribution in [0.1, 0.15) is 49.0 Å². The van der Waals surface area contributed by atoms with Crippen molar-refractivity contribution in [3.63, 3.8) is 0 Å². The number of nitrogens with zero attached hydrogens (tertiary/aromatic N) is 2. The molecule has 2 aromatic rings. The van der Waals surface area contributed by atoms with Crippen LogP contribution in [0.4, 0.5) is 0 Å². The van der Waals surface area contributed by atoms with Crippen molar-refractivity contribution >= 4 is 11.6 Å². The Morgan fingerprint density at radius 2 is 2.08 bits per heavy atom. The number of aryl methyl sites for hydroxylation is 1. The van der Waals surface area contributed by atoms with Crippen molar-refractivity contribution in [1.82, 2.24) is 14.9 Å². The number of aromatic nitrogens is 2. The van der Waals surface area contributed by atoms with Gasteiger partial charge in [0.15, 0.2) is 0 Å². The highest BCUT2D eigenvalue weighted by molar-refractivity contribution is 6.31. The van der Waals surface area contributed by atoms with Gasteiger partial charge in [0.25, 0.3) is 5.56 Å². The van der Waals surface area contributed by atoms with Gasteiger partial charge in [-0.05, 0) is 24.1 Å². The zero-order chi connectivity index (χ0) is 17.5. The predicted octanol–water partition coefficient (Wildman–Crippen LogP) is 3.59. The molecule has 2 heterocycles. The lowest BCUT2D eigenvalue weighted by Crippen LogP contribution is -2.37. The number of hydrogen-bond donors (Lipinski definition) is 1. The van der Waals surface area contributed by atoms with Crippen LogP contribution in [0, 0.1) is 6.92 Å². The average Bonchev–Trinajstić information content (AvgIpc) is 2.50. The van der Waals surface area contributed by atoms with Crippen molar-refractivity contribution in [2.75, 3.05) is 6.54 Å². The molecule has 24 heavy (non-hydrogen) atoms. The van der Waals surface area contributed by atoms with Crippen LogP contribution in [0.25, 0.3) is 0 Å². The minimum absolute atomic E-state index is 0.00318. The number of fused-ring (bicyclic) bond motifs is 1. The summed E-state index contributed by atoms with van der Waals surface area (Å²) < 4.78 is 0. The molecule has 0 fully saturated rings. The van der Waals surface area contributed by atoms with E-state index in [-0.39, 0.29) is 11.0 Å². The van der Waals surface area contributed by atoms with Gasteiger partial charge in [-0.25, -0.2) is 4.98 Å². The number of nitrogens with one attached hydrogen (secondary N) is 1. The molecule has 1 N–H and O–H groups in total. The monoisotopic (exact) mass is 345 g/mol. The quantitative estimate of drug-likeness (QED) is 0.904. The molecule has 1 aromatic heterocycles. The highest BCUT2D eigenvalue weighted by Crippen LogP contribution is 2.22. The number of aromatic amines is 1.